The lowest BCUT2D eigenvalue weighted by Crippen LogP contribution is -1.91. The van der Waals surface area contributed by atoms with E-state index >= 15 is 0 Å². The van der Waals surface area contributed by atoms with E-state index in [0.29, 0.717) is 17.2 Å². The summed E-state index contributed by atoms with van der Waals surface area (Å²) in [6, 6.07) is 17.7. The van der Waals surface area contributed by atoms with E-state index in [9.17, 15) is 5.26 Å². The number of benzene rings is 2. The minimum absolute atomic E-state index is 0.416. The van der Waals surface area contributed by atoms with E-state index in [1.807, 2.05) is 62.4 Å². The molecule has 4 aromatic rings. The lowest BCUT2D eigenvalue weighted by atomic mass is 10.0. The second kappa shape index (κ2) is 7.09. The monoisotopic (exact) mass is 369 g/mol. The summed E-state index contributed by atoms with van der Waals surface area (Å²) in [5, 5.41) is 9.59. The van der Waals surface area contributed by atoms with E-state index in [1.54, 1.807) is 13.2 Å². The number of nitrogens with zero attached hydrogens (tertiary/aromatic N) is 2. The van der Waals surface area contributed by atoms with Crippen molar-refractivity contribution in [1.82, 2.24) is 9.97 Å². The number of aromatic amines is 1. The third kappa shape index (κ3) is 3.17. The van der Waals surface area contributed by atoms with Gasteiger partial charge in [-0.15, -0.1) is 0 Å². The highest BCUT2D eigenvalue weighted by Gasteiger charge is 2.12. The van der Waals surface area contributed by atoms with Gasteiger partial charge in [-0.1, -0.05) is 12.1 Å². The maximum absolute atomic E-state index is 9.59. The molecular weight excluding hydrogens is 350 g/mol. The topological polar surface area (TPSA) is 74.8 Å². The lowest BCUT2D eigenvalue weighted by molar-refractivity contribution is 0.408. The Hall–Kier alpha value is -3.78. The van der Waals surface area contributed by atoms with Gasteiger partial charge < -0.3 is 14.1 Å². The molecular formula is C23H19N3O2. The van der Waals surface area contributed by atoms with Crippen molar-refractivity contribution < 1.29 is 9.15 Å². The minimum Gasteiger partial charge on any atom is -0.496 e. The van der Waals surface area contributed by atoms with Crippen molar-refractivity contribution in [3.63, 3.8) is 0 Å². The van der Waals surface area contributed by atoms with Crippen molar-refractivity contribution >= 4 is 22.7 Å². The zero-order valence-corrected chi connectivity index (χ0v) is 15.9. The van der Waals surface area contributed by atoms with Crippen molar-refractivity contribution in [3.05, 3.63) is 71.2 Å². The first-order valence-electron chi connectivity index (χ1n) is 8.91. The Balaban J connectivity index is 1.69. The first-order valence-corrected chi connectivity index (χ1v) is 8.91. The molecule has 2 heterocycles. The molecule has 0 saturated carbocycles. The average molecular weight is 369 g/mol. The largest absolute Gasteiger partial charge is 0.496 e. The van der Waals surface area contributed by atoms with Gasteiger partial charge in [-0.05, 0) is 61.4 Å². The van der Waals surface area contributed by atoms with Crippen LogP contribution in [0.5, 0.6) is 5.75 Å². The van der Waals surface area contributed by atoms with E-state index in [1.165, 1.54) is 0 Å². The zero-order valence-electron chi connectivity index (χ0n) is 15.9. The van der Waals surface area contributed by atoms with E-state index < -0.39 is 0 Å². The van der Waals surface area contributed by atoms with Crippen LogP contribution < -0.4 is 4.74 Å². The predicted molar refractivity (Wildman–Crippen MR) is 110 cm³/mol. The number of nitriles is 1. The Kier molecular flexibility index (Phi) is 4.46. The third-order valence-electron chi connectivity index (χ3n) is 4.63. The lowest BCUT2D eigenvalue weighted by Gasteiger charge is -2.10. The fraction of sp³-hybridized carbons (Fsp3) is 0.130. The van der Waals surface area contributed by atoms with Crippen molar-refractivity contribution in [1.29, 1.82) is 5.26 Å². The van der Waals surface area contributed by atoms with Crippen LogP contribution in [0.15, 0.2) is 52.9 Å². The highest BCUT2D eigenvalue weighted by atomic mass is 16.5. The van der Waals surface area contributed by atoms with Crippen LogP contribution in [-0.4, -0.2) is 17.1 Å². The van der Waals surface area contributed by atoms with Crippen LogP contribution in [-0.2, 0) is 0 Å². The summed E-state index contributed by atoms with van der Waals surface area (Å²) in [5.41, 5.74) is 5.19. The number of para-hydroxylation sites is 2. The van der Waals surface area contributed by atoms with Gasteiger partial charge in [0.25, 0.3) is 0 Å². The number of H-pyrrole nitrogens is 1. The number of aromatic nitrogens is 2. The molecule has 0 spiro atoms. The Morgan fingerprint density at radius 1 is 1.14 bits per heavy atom. The molecule has 5 nitrogen and oxygen atoms in total. The van der Waals surface area contributed by atoms with Gasteiger partial charge in [-0.2, -0.15) is 5.26 Å². The van der Waals surface area contributed by atoms with E-state index in [0.717, 1.165) is 39.2 Å². The van der Waals surface area contributed by atoms with Crippen molar-refractivity contribution in [2.45, 2.75) is 13.8 Å². The summed E-state index contributed by atoms with van der Waals surface area (Å²) in [6.45, 7) is 4.02. The fourth-order valence-electron chi connectivity index (χ4n) is 3.38. The first-order chi connectivity index (χ1) is 13.6. The molecule has 5 heteroatoms. The predicted octanol–water partition coefficient (Wildman–Crippen LogP) is 5.51. The molecule has 0 bridgehead atoms. The fourth-order valence-corrected chi connectivity index (χ4v) is 3.38. The summed E-state index contributed by atoms with van der Waals surface area (Å²) in [6.07, 6.45) is 1.70. The molecule has 138 valence electrons. The summed E-state index contributed by atoms with van der Waals surface area (Å²) < 4.78 is 11.4. The number of hydrogen-bond donors (Lipinski definition) is 1. The Labute approximate surface area is 162 Å². The number of allylic oxidation sites excluding steroid dienone is 1. The molecule has 0 atom stereocenters. The number of methoxy groups -OCH3 is 1. The van der Waals surface area contributed by atoms with Gasteiger partial charge in [0.15, 0.2) is 0 Å². The quantitative estimate of drug-likeness (QED) is 0.481. The number of furan rings is 1. The number of hydrogen-bond acceptors (Lipinski definition) is 4. The van der Waals surface area contributed by atoms with Crippen molar-refractivity contribution in [3.8, 4) is 23.1 Å². The van der Waals surface area contributed by atoms with E-state index in [-0.39, 0.29) is 0 Å². The molecule has 4 rings (SSSR count). The maximum atomic E-state index is 9.59. The molecule has 0 radical (unpaired) electrons. The van der Waals surface area contributed by atoms with Crippen LogP contribution in [0.1, 0.15) is 22.7 Å². The number of nitrogens with one attached hydrogen (secondary N) is 1. The second-order valence-electron chi connectivity index (χ2n) is 6.62. The van der Waals surface area contributed by atoms with Gasteiger partial charge in [0.2, 0.25) is 0 Å². The molecule has 0 fully saturated rings. The molecule has 0 aliphatic heterocycles. The molecule has 0 saturated heterocycles. The van der Waals surface area contributed by atoms with Crippen LogP contribution >= 0.6 is 0 Å². The third-order valence-corrected chi connectivity index (χ3v) is 4.63. The number of rotatable bonds is 4. The normalized spacial score (nSPS) is 11.6. The molecule has 0 aliphatic rings. The average Bonchev–Trinajstić information content (AvgIpc) is 3.32. The number of imidazole rings is 1. The molecule has 1 N–H and O–H groups in total. The van der Waals surface area contributed by atoms with Gasteiger partial charge in [0.05, 0.1) is 23.7 Å². The summed E-state index contributed by atoms with van der Waals surface area (Å²) in [5.74, 6) is 2.74. The molecule has 2 aromatic carbocycles. The summed E-state index contributed by atoms with van der Waals surface area (Å²) in [4.78, 5) is 7.66. The highest BCUT2D eigenvalue weighted by Crippen LogP contribution is 2.31. The van der Waals surface area contributed by atoms with Crippen LogP contribution in [0.4, 0.5) is 0 Å². The van der Waals surface area contributed by atoms with E-state index in [4.69, 9.17) is 9.15 Å². The van der Waals surface area contributed by atoms with Gasteiger partial charge in [-0.3, -0.25) is 0 Å². The smallest absolute Gasteiger partial charge is 0.149 e. The SMILES string of the molecule is COc1c(C)cc(-c2ccc(/C=C(\C#N)c3nc4ccccc4[nH]3)o2)cc1C. The summed E-state index contributed by atoms with van der Waals surface area (Å²) >= 11 is 0. The zero-order chi connectivity index (χ0) is 19.7. The molecule has 0 amide bonds. The number of aryl methyl sites for hydroxylation is 2. The summed E-state index contributed by atoms with van der Waals surface area (Å²) in [7, 11) is 1.67. The van der Waals surface area contributed by atoms with Crippen LogP contribution in [0.3, 0.4) is 0 Å². The van der Waals surface area contributed by atoms with Gasteiger partial charge in [0, 0.05) is 11.6 Å². The highest BCUT2D eigenvalue weighted by molar-refractivity contribution is 5.89. The van der Waals surface area contributed by atoms with Crippen LogP contribution in [0.25, 0.3) is 34.0 Å². The van der Waals surface area contributed by atoms with Crippen molar-refractivity contribution in [2.75, 3.05) is 7.11 Å². The Bertz CT molecular complexity index is 1180. The molecule has 2 aromatic heterocycles. The second-order valence-corrected chi connectivity index (χ2v) is 6.62. The van der Waals surface area contributed by atoms with Crippen molar-refractivity contribution in [2.24, 2.45) is 0 Å². The van der Waals surface area contributed by atoms with Crippen LogP contribution in [0, 0.1) is 25.2 Å². The maximum Gasteiger partial charge on any atom is 0.149 e. The van der Waals surface area contributed by atoms with E-state index in [2.05, 4.69) is 16.0 Å². The van der Waals surface area contributed by atoms with Crippen LogP contribution in [0.2, 0.25) is 0 Å². The molecule has 0 aliphatic carbocycles. The number of ether oxygens (including phenoxy) is 1. The minimum atomic E-state index is 0.416. The molecule has 28 heavy (non-hydrogen) atoms. The first kappa shape index (κ1) is 17.6. The number of fused-ring (bicyclic) bond motifs is 1. The standard InChI is InChI=1S/C23H19N3O2/c1-14-10-16(11-15(2)22(14)27-3)21-9-8-18(28-21)12-17(13-24)23-25-19-6-4-5-7-20(19)26-23/h4-12H,1-3H3,(H,25,26)/b17-12+. The molecule has 0 unspecified atom stereocenters. The Morgan fingerprint density at radius 2 is 1.89 bits per heavy atom. The van der Waals surface area contributed by atoms with Gasteiger partial charge in [0.1, 0.15) is 29.2 Å². The van der Waals surface area contributed by atoms with Gasteiger partial charge in [-0.25, -0.2) is 4.98 Å². The van der Waals surface area contributed by atoms with Gasteiger partial charge >= 0.3 is 0 Å². The Morgan fingerprint density at radius 3 is 2.57 bits per heavy atom.